The van der Waals surface area contributed by atoms with E-state index in [1.807, 2.05) is 12.1 Å². The second kappa shape index (κ2) is 3.16. The Labute approximate surface area is 89.7 Å². The van der Waals surface area contributed by atoms with Gasteiger partial charge in [-0.2, -0.15) is 0 Å². The van der Waals surface area contributed by atoms with Crippen LogP contribution < -0.4 is 0 Å². The van der Waals surface area contributed by atoms with E-state index in [4.69, 9.17) is 11.6 Å². The lowest BCUT2D eigenvalue weighted by Gasteiger charge is -2.32. The van der Waals surface area contributed by atoms with Gasteiger partial charge in [0.25, 0.3) is 0 Å². The van der Waals surface area contributed by atoms with Crippen molar-refractivity contribution in [2.75, 3.05) is 0 Å². The van der Waals surface area contributed by atoms with Gasteiger partial charge in [-0.25, -0.2) is 0 Å². The molecule has 0 heterocycles. The van der Waals surface area contributed by atoms with E-state index in [0.29, 0.717) is 5.02 Å². The molecule has 0 aromatic heterocycles. The zero-order chi connectivity index (χ0) is 10.3. The maximum atomic E-state index is 9.58. The first kappa shape index (κ1) is 9.85. The molecule has 1 nitrogen and oxygen atoms in total. The van der Waals surface area contributed by atoms with Crippen LogP contribution in [-0.4, -0.2) is 5.11 Å². The van der Waals surface area contributed by atoms with Crippen LogP contribution in [0.5, 0.6) is 5.75 Å². The standard InChI is InChI=1S/C12H15ClO/c1-12(2)5-3-4-8-6-10(13)11(14)7-9(8)12/h6-7,14H,3-5H2,1-2H3. The Morgan fingerprint density at radius 1 is 1.36 bits per heavy atom. The number of fused-ring (bicyclic) bond motifs is 1. The fraction of sp³-hybridized carbons (Fsp3) is 0.500. The predicted molar refractivity (Wildman–Crippen MR) is 59.1 cm³/mol. The number of rotatable bonds is 0. The van der Waals surface area contributed by atoms with Gasteiger partial charge in [0.2, 0.25) is 0 Å². The molecule has 1 N–H and O–H groups in total. The Bertz CT molecular complexity index is 369. The largest absolute Gasteiger partial charge is 0.506 e. The molecule has 76 valence electrons. The van der Waals surface area contributed by atoms with Gasteiger partial charge in [-0.05, 0) is 47.9 Å². The monoisotopic (exact) mass is 210 g/mol. The van der Waals surface area contributed by atoms with Crippen LogP contribution >= 0.6 is 11.6 Å². The quantitative estimate of drug-likeness (QED) is 0.693. The molecule has 0 unspecified atom stereocenters. The summed E-state index contributed by atoms with van der Waals surface area (Å²) in [5, 5.41) is 10.0. The summed E-state index contributed by atoms with van der Waals surface area (Å²) in [6.07, 6.45) is 3.47. The molecule has 1 aliphatic carbocycles. The number of benzene rings is 1. The first-order valence-corrected chi connectivity index (χ1v) is 5.40. The summed E-state index contributed by atoms with van der Waals surface area (Å²) in [5.41, 5.74) is 2.73. The molecule has 0 radical (unpaired) electrons. The molecule has 0 aliphatic heterocycles. The SMILES string of the molecule is CC1(C)CCCc2cc(Cl)c(O)cc21. The van der Waals surface area contributed by atoms with Crippen molar-refractivity contribution in [1.82, 2.24) is 0 Å². The topological polar surface area (TPSA) is 20.2 Å². The van der Waals surface area contributed by atoms with Crippen LogP contribution in [0.4, 0.5) is 0 Å². The minimum absolute atomic E-state index is 0.176. The minimum Gasteiger partial charge on any atom is -0.506 e. The number of hydrogen-bond acceptors (Lipinski definition) is 1. The third-order valence-corrected chi connectivity index (χ3v) is 3.45. The summed E-state index contributed by atoms with van der Waals surface area (Å²) < 4.78 is 0. The van der Waals surface area contributed by atoms with E-state index in [-0.39, 0.29) is 11.2 Å². The van der Waals surface area contributed by atoms with E-state index in [1.54, 1.807) is 0 Å². The maximum absolute atomic E-state index is 9.58. The van der Waals surface area contributed by atoms with Gasteiger partial charge in [0.15, 0.2) is 0 Å². The van der Waals surface area contributed by atoms with Crippen molar-refractivity contribution >= 4 is 11.6 Å². The van der Waals surface area contributed by atoms with E-state index in [9.17, 15) is 5.11 Å². The van der Waals surface area contributed by atoms with Crippen LogP contribution in [0, 0.1) is 0 Å². The van der Waals surface area contributed by atoms with Gasteiger partial charge in [-0.3, -0.25) is 0 Å². The van der Waals surface area contributed by atoms with Crippen molar-refractivity contribution in [2.45, 2.75) is 38.5 Å². The molecule has 1 aromatic rings. The van der Waals surface area contributed by atoms with Gasteiger partial charge in [0.1, 0.15) is 5.75 Å². The predicted octanol–water partition coefficient (Wildman–Crippen LogP) is 3.66. The number of phenols is 1. The molecule has 0 fully saturated rings. The number of hydrogen-bond donors (Lipinski definition) is 1. The summed E-state index contributed by atoms with van der Waals surface area (Å²) >= 11 is 5.89. The molecule has 0 saturated heterocycles. The Morgan fingerprint density at radius 3 is 2.79 bits per heavy atom. The summed E-state index contributed by atoms with van der Waals surface area (Å²) in [6.45, 7) is 4.44. The average Bonchev–Trinajstić information content (AvgIpc) is 2.08. The summed E-state index contributed by atoms with van der Waals surface area (Å²) in [5.74, 6) is 0.209. The summed E-state index contributed by atoms with van der Waals surface area (Å²) in [6, 6.07) is 3.74. The molecular formula is C12H15ClO. The molecule has 2 heteroatoms. The van der Waals surface area contributed by atoms with Crippen molar-refractivity contribution in [1.29, 1.82) is 0 Å². The van der Waals surface area contributed by atoms with E-state index in [0.717, 1.165) is 6.42 Å². The normalized spacial score (nSPS) is 19.1. The van der Waals surface area contributed by atoms with Gasteiger partial charge in [0, 0.05) is 0 Å². The van der Waals surface area contributed by atoms with E-state index in [2.05, 4.69) is 13.8 Å². The molecule has 14 heavy (non-hydrogen) atoms. The molecule has 0 amide bonds. The van der Waals surface area contributed by atoms with Crippen molar-refractivity contribution < 1.29 is 5.11 Å². The summed E-state index contributed by atoms with van der Waals surface area (Å²) in [7, 11) is 0. The van der Waals surface area contributed by atoms with Gasteiger partial charge >= 0.3 is 0 Å². The lowest BCUT2D eigenvalue weighted by atomic mass is 9.73. The molecule has 0 bridgehead atoms. The van der Waals surface area contributed by atoms with Crippen LogP contribution in [0.15, 0.2) is 12.1 Å². The van der Waals surface area contributed by atoms with E-state index >= 15 is 0 Å². The maximum Gasteiger partial charge on any atom is 0.134 e. The molecule has 0 atom stereocenters. The molecule has 0 spiro atoms. The molecule has 0 saturated carbocycles. The number of halogens is 1. The van der Waals surface area contributed by atoms with Gasteiger partial charge in [-0.1, -0.05) is 25.4 Å². The molecule has 1 aliphatic rings. The zero-order valence-corrected chi connectivity index (χ0v) is 9.36. The number of aromatic hydroxyl groups is 1. The van der Waals surface area contributed by atoms with Gasteiger partial charge in [0.05, 0.1) is 5.02 Å². The van der Waals surface area contributed by atoms with Crippen LogP contribution in [0.3, 0.4) is 0 Å². The second-order valence-corrected chi connectivity index (χ2v) is 5.11. The van der Waals surface area contributed by atoms with Crippen LogP contribution in [0.2, 0.25) is 5.02 Å². The Kier molecular flexibility index (Phi) is 2.23. The average molecular weight is 211 g/mol. The van der Waals surface area contributed by atoms with Crippen LogP contribution in [-0.2, 0) is 11.8 Å². The Balaban J connectivity index is 2.59. The Hall–Kier alpha value is -0.690. The first-order chi connectivity index (χ1) is 6.50. The van der Waals surface area contributed by atoms with Crippen LogP contribution in [0.25, 0.3) is 0 Å². The summed E-state index contributed by atoms with van der Waals surface area (Å²) in [4.78, 5) is 0. The highest BCUT2D eigenvalue weighted by molar-refractivity contribution is 6.32. The van der Waals surface area contributed by atoms with Crippen molar-refractivity contribution in [2.24, 2.45) is 0 Å². The lowest BCUT2D eigenvalue weighted by Crippen LogP contribution is -2.23. The van der Waals surface area contributed by atoms with Gasteiger partial charge in [-0.15, -0.1) is 0 Å². The smallest absolute Gasteiger partial charge is 0.134 e. The van der Waals surface area contributed by atoms with Gasteiger partial charge < -0.3 is 5.11 Å². The highest BCUT2D eigenvalue weighted by Crippen LogP contribution is 2.40. The fourth-order valence-corrected chi connectivity index (χ4v) is 2.48. The molecule has 2 rings (SSSR count). The van der Waals surface area contributed by atoms with Crippen LogP contribution in [0.1, 0.15) is 37.8 Å². The third kappa shape index (κ3) is 1.50. The second-order valence-electron chi connectivity index (χ2n) is 4.70. The fourth-order valence-electron chi connectivity index (χ4n) is 2.30. The molecular weight excluding hydrogens is 196 g/mol. The Morgan fingerprint density at radius 2 is 2.07 bits per heavy atom. The van der Waals surface area contributed by atoms with E-state index in [1.165, 1.54) is 24.0 Å². The van der Waals surface area contributed by atoms with Crippen molar-refractivity contribution in [3.8, 4) is 5.75 Å². The minimum atomic E-state index is 0.176. The number of phenolic OH excluding ortho intramolecular Hbond substituents is 1. The lowest BCUT2D eigenvalue weighted by molar-refractivity contribution is 0.423. The number of aryl methyl sites for hydroxylation is 1. The highest BCUT2D eigenvalue weighted by atomic mass is 35.5. The molecule has 1 aromatic carbocycles. The van der Waals surface area contributed by atoms with Crippen molar-refractivity contribution in [3.05, 3.63) is 28.3 Å². The zero-order valence-electron chi connectivity index (χ0n) is 8.60. The highest BCUT2D eigenvalue weighted by Gasteiger charge is 2.28. The third-order valence-electron chi connectivity index (χ3n) is 3.15. The first-order valence-electron chi connectivity index (χ1n) is 5.02. The van der Waals surface area contributed by atoms with Crippen molar-refractivity contribution in [3.63, 3.8) is 0 Å². The van der Waals surface area contributed by atoms with E-state index < -0.39 is 0 Å².